The lowest BCUT2D eigenvalue weighted by atomic mass is 10.2. The fourth-order valence-electron chi connectivity index (χ4n) is 2.41. The summed E-state index contributed by atoms with van der Waals surface area (Å²) in [6.45, 7) is 1.78. The summed E-state index contributed by atoms with van der Waals surface area (Å²) in [5, 5.41) is 1.01. The van der Waals surface area contributed by atoms with Gasteiger partial charge in [0.05, 0.1) is 5.57 Å². The Labute approximate surface area is 152 Å². The van der Waals surface area contributed by atoms with Crippen molar-refractivity contribution in [2.24, 2.45) is 0 Å². The van der Waals surface area contributed by atoms with E-state index >= 15 is 0 Å². The molecule has 1 heterocycles. The number of hydrogen-bond acceptors (Lipinski definition) is 2. The maximum Gasteiger partial charge on any atom is 0.397 e. The molecule has 25 heavy (non-hydrogen) atoms. The first-order valence-electron chi connectivity index (χ1n) is 7.34. The molecule has 1 aliphatic heterocycles. The second-order valence-electron chi connectivity index (χ2n) is 5.55. The topological polar surface area (TPSA) is 3.24 Å². The van der Waals surface area contributed by atoms with Crippen LogP contribution in [0.1, 0.15) is 5.56 Å². The van der Waals surface area contributed by atoms with Crippen LogP contribution in [-0.4, -0.2) is 17.0 Å². The molecule has 1 fully saturated rings. The Kier molecular flexibility index (Phi) is 4.64. The zero-order valence-corrected chi connectivity index (χ0v) is 14.7. The van der Waals surface area contributed by atoms with Gasteiger partial charge in [-0.25, -0.2) is 0 Å². The molecule has 0 aliphatic carbocycles. The van der Waals surface area contributed by atoms with Crippen LogP contribution < -0.4 is 4.90 Å². The molecule has 0 amide bonds. The molecule has 0 bridgehead atoms. The van der Waals surface area contributed by atoms with Crippen molar-refractivity contribution in [1.82, 2.24) is 0 Å². The van der Waals surface area contributed by atoms with Crippen LogP contribution in [0.4, 0.5) is 23.2 Å². The lowest BCUT2D eigenvalue weighted by Gasteiger charge is -2.27. The molecular formula is C18H13F4NS2. The fourth-order valence-corrected chi connectivity index (χ4v) is 3.72. The normalized spacial score (nSPS) is 20.3. The molecule has 0 N–H and O–H groups in total. The predicted octanol–water partition coefficient (Wildman–Crippen LogP) is 6.05. The van der Waals surface area contributed by atoms with Crippen molar-refractivity contribution in [3.8, 4) is 0 Å². The first kappa shape index (κ1) is 17.9. The number of thioether (sulfide) groups is 1. The van der Waals surface area contributed by atoms with Crippen LogP contribution in [0.2, 0.25) is 0 Å². The highest BCUT2D eigenvalue weighted by atomic mass is 32.2. The highest BCUT2D eigenvalue weighted by Crippen LogP contribution is 2.52. The molecule has 130 valence electrons. The van der Waals surface area contributed by atoms with Gasteiger partial charge in [-0.3, -0.25) is 4.90 Å². The number of halogens is 4. The molecule has 0 atom stereocenters. The summed E-state index contributed by atoms with van der Waals surface area (Å²) in [6, 6.07) is 10.1. The van der Waals surface area contributed by atoms with Crippen molar-refractivity contribution in [2.75, 3.05) is 4.90 Å². The van der Waals surface area contributed by atoms with Crippen LogP contribution >= 0.6 is 24.0 Å². The molecule has 0 unspecified atom stereocenters. The second-order valence-corrected chi connectivity index (χ2v) is 6.88. The van der Waals surface area contributed by atoms with Gasteiger partial charge in [-0.05, 0) is 36.6 Å². The zero-order chi connectivity index (χ0) is 18.2. The molecule has 3 rings (SSSR count). The number of anilines is 1. The van der Waals surface area contributed by atoms with Crippen LogP contribution in [0.5, 0.6) is 0 Å². The quantitative estimate of drug-likeness (QED) is 0.209. The maximum absolute atomic E-state index is 14.4. The Hall–Kier alpha value is -1.86. The van der Waals surface area contributed by atoms with Crippen molar-refractivity contribution in [2.45, 2.75) is 23.8 Å². The second kappa shape index (κ2) is 6.46. The van der Waals surface area contributed by atoms with Gasteiger partial charge >= 0.3 is 12.0 Å². The third kappa shape index (κ3) is 3.06. The van der Waals surface area contributed by atoms with Gasteiger partial charge in [-0.2, -0.15) is 17.6 Å². The molecule has 0 radical (unpaired) electrons. The first-order valence-corrected chi connectivity index (χ1v) is 8.63. The van der Waals surface area contributed by atoms with E-state index in [-0.39, 0.29) is 10.6 Å². The van der Waals surface area contributed by atoms with Crippen molar-refractivity contribution < 1.29 is 17.6 Å². The minimum absolute atomic E-state index is 0.0617. The fraction of sp³-hybridized carbons (Fsp3) is 0.167. The molecular weight excluding hydrogens is 370 g/mol. The molecule has 1 aliphatic rings. The summed E-state index contributed by atoms with van der Waals surface area (Å²) >= 11 is 5.91. The van der Waals surface area contributed by atoms with Crippen LogP contribution in [-0.2, 0) is 0 Å². The zero-order valence-electron chi connectivity index (χ0n) is 13.0. The summed E-state index contributed by atoms with van der Waals surface area (Å²) in [4.78, 5) is 0.326. The van der Waals surface area contributed by atoms with E-state index in [0.717, 1.165) is 22.7 Å². The summed E-state index contributed by atoms with van der Waals surface area (Å²) < 4.78 is 57.7. The van der Waals surface area contributed by atoms with E-state index in [1.165, 1.54) is 12.1 Å². The van der Waals surface area contributed by atoms with Gasteiger partial charge in [-0.15, -0.1) is 0 Å². The Bertz CT molecular complexity index is 817. The largest absolute Gasteiger partial charge is 0.397 e. The molecule has 7 heteroatoms. The predicted molar refractivity (Wildman–Crippen MR) is 96.5 cm³/mol. The average molecular weight is 383 g/mol. The van der Waals surface area contributed by atoms with Gasteiger partial charge in [0.15, 0.2) is 0 Å². The summed E-state index contributed by atoms with van der Waals surface area (Å²) in [5.41, 5.74) is -0.0744. The van der Waals surface area contributed by atoms with Gasteiger partial charge in [-0.1, -0.05) is 59.9 Å². The minimum Gasteiger partial charge on any atom is -0.267 e. The number of rotatable bonds is 3. The standard InChI is InChI=1S/C18H13F4NS2/c1-12-7-9-13(10-8-12)23-16(24)15(17(19,20)18(23,21)22)11-25-14-5-3-2-4-6-14/h2-11H,1H3/b15-11-. The van der Waals surface area contributed by atoms with E-state index in [1.54, 1.807) is 49.4 Å². The Balaban J connectivity index is 2.00. The highest BCUT2D eigenvalue weighted by Gasteiger charge is 2.70. The van der Waals surface area contributed by atoms with Gasteiger partial charge in [0, 0.05) is 10.6 Å². The molecule has 1 nitrogen and oxygen atoms in total. The number of benzene rings is 2. The van der Waals surface area contributed by atoms with Crippen molar-refractivity contribution in [3.05, 3.63) is 71.1 Å². The summed E-state index contributed by atoms with van der Waals surface area (Å²) in [5.74, 6) is -4.38. The Morgan fingerprint density at radius 2 is 1.56 bits per heavy atom. The number of alkyl halides is 4. The van der Waals surface area contributed by atoms with Crippen LogP contribution in [0.25, 0.3) is 0 Å². The number of thiocarbonyl (C=S) groups is 1. The molecule has 0 aromatic heterocycles. The molecule has 0 saturated carbocycles. The third-order valence-electron chi connectivity index (χ3n) is 3.78. The SMILES string of the molecule is Cc1ccc(N2C(=S)/C(=C/Sc3ccccc3)C(F)(F)C2(F)F)cc1. The molecule has 1 saturated heterocycles. The molecule has 2 aromatic carbocycles. The average Bonchev–Trinajstić information content (AvgIpc) is 2.70. The number of hydrogen-bond donors (Lipinski definition) is 0. The van der Waals surface area contributed by atoms with E-state index in [2.05, 4.69) is 0 Å². The lowest BCUT2D eigenvalue weighted by molar-refractivity contribution is -0.165. The van der Waals surface area contributed by atoms with Crippen LogP contribution in [0.15, 0.2) is 70.5 Å². The summed E-state index contributed by atoms with van der Waals surface area (Å²) in [6.07, 6.45) is 0. The van der Waals surface area contributed by atoms with E-state index in [4.69, 9.17) is 12.2 Å². The Morgan fingerprint density at radius 1 is 0.960 bits per heavy atom. The number of aryl methyl sites for hydroxylation is 1. The summed E-state index contributed by atoms with van der Waals surface area (Å²) in [7, 11) is 0. The first-order chi connectivity index (χ1) is 11.7. The minimum atomic E-state index is -4.43. The van der Waals surface area contributed by atoms with Crippen LogP contribution in [0, 0.1) is 6.92 Å². The van der Waals surface area contributed by atoms with Gasteiger partial charge in [0.25, 0.3) is 0 Å². The van der Waals surface area contributed by atoms with E-state index in [1.807, 2.05) is 0 Å². The third-order valence-corrected chi connectivity index (χ3v) is 5.08. The van der Waals surface area contributed by atoms with Gasteiger partial charge in [0.1, 0.15) is 4.99 Å². The van der Waals surface area contributed by atoms with E-state index in [9.17, 15) is 17.6 Å². The maximum atomic E-state index is 14.4. The van der Waals surface area contributed by atoms with Crippen molar-refractivity contribution in [3.63, 3.8) is 0 Å². The van der Waals surface area contributed by atoms with Crippen molar-refractivity contribution >= 4 is 34.7 Å². The lowest BCUT2D eigenvalue weighted by Crippen LogP contribution is -2.47. The highest BCUT2D eigenvalue weighted by molar-refractivity contribution is 8.02. The molecule has 0 spiro atoms. The number of nitrogens with zero attached hydrogens (tertiary/aromatic N) is 1. The smallest absolute Gasteiger partial charge is 0.267 e. The Morgan fingerprint density at radius 3 is 2.16 bits per heavy atom. The van der Waals surface area contributed by atoms with E-state index < -0.39 is 22.5 Å². The van der Waals surface area contributed by atoms with Gasteiger partial charge < -0.3 is 0 Å². The van der Waals surface area contributed by atoms with Crippen molar-refractivity contribution in [1.29, 1.82) is 0 Å². The van der Waals surface area contributed by atoms with Crippen LogP contribution in [0.3, 0.4) is 0 Å². The molecule has 2 aromatic rings. The van der Waals surface area contributed by atoms with E-state index in [0.29, 0.717) is 4.90 Å². The monoisotopic (exact) mass is 383 g/mol. The van der Waals surface area contributed by atoms with Gasteiger partial charge in [0.2, 0.25) is 0 Å².